The summed E-state index contributed by atoms with van der Waals surface area (Å²) < 4.78 is 0. The molecule has 6 rings (SSSR count). The van der Waals surface area contributed by atoms with Gasteiger partial charge in [-0.3, -0.25) is 4.79 Å². The molecule has 0 heterocycles. The second-order valence-electron chi connectivity index (χ2n) is 9.51. The number of aromatic hydroxyl groups is 2. The molecule has 3 heteroatoms. The van der Waals surface area contributed by atoms with E-state index in [-0.39, 0.29) is 17.5 Å². The van der Waals surface area contributed by atoms with Crippen molar-refractivity contribution in [3.8, 4) is 11.5 Å². The van der Waals surface area contributed by atoms with Crippen LogP contribution in [-0.2, 0) is 19.3 Å². The molecule has 0 bridgehead atoms. The quantitative estimate of drug-likeness (QED) is 0.338. The third-order valence-electron chi connectivity index (χ3n) is 7.26. The number of carbonyl (C=O) groups excluding carboxylic acids is 1. The third-order valence-corrected chi connectivity index (χ3v) is 7.26. The lowest BCUT2D eigenvalue weighted by molar-refractivity contribution is 0.0946. The standard InChI is InChI=1S/C16H14O2.C16H16O/c17-13-7-9-15-12(10-13)6-8-14(16(15)18)11-4-2-1-3-5-11;17-16-9-8-14-10-13(6-7-15(14)11-16)12-4-2-1-3-5-12/h1-5,7,9-10,14,17H,6,8H2;1-5,8-9,11,13,17H,6-7,10H2. The zero-order chi connectivity index (χ0) is 24.2. The Kier molecular flexibility index (Phi) is 6.67. The summed E-state index contributed by atoms with van der Waals surface area (Å²) in [5.74, 6) is 1.39. The number of phenols is 2. The van der Waals surface area contributed by atoms with Gasteiger partial charge in [0.05, 0.1) is 0 Å². The predicted molar refractivity (Wildman–Crippen MR) is 139 cm³/mol. The lowest BCUT2D eigenvalue weighted by Gasteiger charge is -2.25. The molecule has 3 nitrogen and oxygen atoms in total. The first kappa shape index (κ1) is 22.9. The van der Waals surface area contributed by atoms with Crippen LogP contribution in [0, 0.1) is 0 Å². The van der Waals surface area contributed by atoms with E-state index in [2.05, 4.69) is 36.4 Å². The lowest BCUT2D eigenvalue weighted by Crippen LogP contribution is -2.20. The smallest absolute Gasteiger partial charge is 0.170 e. The fraction of sp³-hybridized carbons (Fsp3) is 0.219. The summed E-state index contributed by atoms with van der Waals surface area (Å²) in [7, 11) is 0. The van der Waals surface area contributed by atoms with Crippen LogP contribution in [0.3, 0.4) is 0 Å². The summed E-state index contributed by atoms with van der Waals surface area (Å²) in [6.45, 7) is 0. The van der Waals surface area contributed by atoms with E-state index in [1.165, 1.54) is 23.1 Å². The van der Waals surface area contributed by atoms with Gasteiger partial charge in [0, 0.05) is 11.5 Å². The first-order valence-corrected chi connectivity index (χ1v) is 12.4. The summed E-state index contributed by atoms with van der Waals surface area (Å²) in [5, 5.41) is 18.9. The Morgan fingerprint density at radius 1 is 0.600 bits per heavy atom. The van der Waals surface area contributed by atoms with E-state index >= 15 is 0 Å². The van der Waals surface area contributed by atoms with Gasteiger partial charge in [0.25, 0.3) is 0 Å². The molecule has 0 aliphatic heterocycles. The van der Waals surface area contributed by atoms with Crippen LogP contribution in [0.1, 0.15) is 62.9 Å². The van der Waals surface area contributed by atoms with Gasteiger partial charge >= 0.3 is 0 Å². The van der Waals surface area contributed by atoms with Crippen molar-refractivity contribution in [1.82, 2.24) is 0 Å². The summed E-state index contributed by atoms with van der Waals surface area (Å²) >= 11 is 0. The van der Waals surface area contributed by atoms with E-state index in [1.807, 2.05) is 36.4 Å². The van der Waals surface area contributed by atoms with E-state index < -0.39 is 0 Å². The maximum Gasteiger partial charge on any atom is 0.170 e. The topological polar surface area (TPSA) is 57.5 Å². The Labute approximate surface area is 206 Å². The zero-order valence-corrected chi connectivity index (χ0v) is 19.7. The molecular weight excluding hydrogens is 432 g/mol. The number of benzene rings is 4. The Morgan fingerprint density at radius 3 is 1.91 bits per heavy atom. The number of Topliss-reactive ketones (excluding diaryl/α,β-unsaturated/α-hetero) is 1. The second-order valence-corrected chi connectivity index (χ2v) is 9.51. The van der Waals surface area contributed by atoms with Crippen LogP contribution in [0.15, 0.2) is 97.1 Å². The summed E-state index contributed by atoms with van der Waals surface area (Å²) in [6.07, 6.45) is 5.01. The van der Waals surface area contributed by atoms with E-state index in [4.69, 9.17) is 0 Å². The highest BCUT2D eigenvalue weighted by Crippen LogP contribution is 2.35. The third kappa shape index (κ3) is 5.14. The van der Waals surface area contributed by atoms with Crippen molar-refractivity contribution in [1.29, 1.82) is 0 Å². The lowest BCUT2D eigenvalue weighted by atomic mass is 9.79. The first-order valence-electron chi connectivity index (χ1n) is 12.4. The van der Waals surface area contributed by atoms with Crippen LogP contribution in [0.25, 0.3) is 0 Å². The molecule has 4 aromatic carbocycles. The predicted octanol–water partition coefficient (Wildman–Crippen LogP) is 6.97. The minimum atomic E-state index is -0.0387. The number of fused-ring (bicyclic) bond motifs is 2. The van der Waals surface area contributed by atoms with Gasteiger partial charge in [-0.2, -0.15) is 0 Å². The van der Waals surface area contributed by atoms with Gasteiger partial charge in [-0.15, -0.1) is 0 Å². The van der Waals surface area contributed by atoms with E-state index in [9.17, 15) is 15.0 Å². The van der Waals surface area contributed by atoms with Gasteiger partial charge in [0.15, 0.2) is 5.78 Å². The minimum Gasteiger partial charge on any atom is -0.508 e. The highest BCUT2D eigenvalue weighted by Gasteiger charge is 2.28. The van der Waals surface area contributed by atoms with Crippen LogP contribution in [0.4, 0.5) is 0 Å². The number of hydrogen-bond acceptors (Lipinski definition) is 3. The van der Waals surface area contributed by atoms with Crippen LogP contribution >= 0.6 is 0 Å². The summed E-state index contributed by atoms with van der Waals surface area (Å²) in [4.78, 5) is 12.4. The zero-order valence-electron chi connectivity index (χ0n) is 19.7. The number of phenolic OH excluding ortho intramolecular Hbond substituents is 2. The molecule has 0 saturated carbocycles. The number of rotatable bonds is 2. The first-order chi connectivity index (χ1) is 17.1. The van der Waals surface area contributed by atoms with Crippen molar-refractivity contribution < 1.29 is 15.0 Å². The SMILES string of the molecule is O=C1c2ccc(O)cc2CCC1c1ccccc1.Oc1ccc2c(c1)CCC(c1ccccc1)C2. The summed E-state index contributed by atoms with van der Waals surface area (Å²) in [6, 6.07) is 31.5. The largest absolute Gasteiger partial charge is 0.508 e. The normalized spacial score (nSPS) is 18.6. The molecule has 2 aliphatic carbocycles. The van der Waals surface area contributed by atoms with Gasteiger partial charge in [-0.25, -0.2) is 0 Å². The second kappa shape index (κ2) is 10.2. The molecular formula is C32H30O3. The molecule has 176 valence electrons. The molecule has 0 fully saturated rings. The summed E-state index contributed by atoms with van der Waals surface area (Å²) in [5.41, 5.74) is 6.95. The van der Waals surface area contributed by atoms with E-state index in [0.29, 0.717) is 11.7 Å². The van der Waals surface area contributed by atoms with Crippen molar-refractivity contribution in [3.63, 3.8) is 0 Å². The number of hydrogen-bond donors (Lipinski definition) is 2. The Morgan fingerprint density at radius 2 is 1.20 bits per heavy atom. The highest BCUT2D eigenvalue weighted by atomic mass is 16.3. The highest BCUT2D eigenvalue weighted by molar-refractivity contribution is 6.03. The molecule has 0 radical (unpaired) electrons. The molecule has 4 aromatic rings. The maximum absolute atomic E-state index is 12.4. The van der Waals surface area contributed by atoms with Crippen LogP contribution in [0.2, 0.25) is 0 Å². The van der Waals surface area contributed by atoms with Gasteiger partial charge in [0.2, 0.25) is 0 Å². The van der Waals surface area contributed by atoms with Crippen LogP contribution < -0.4 is 0 Å². The molecule has 0 aromatic heterocycles. The van der Waals surface area contributed by atoms with Gasteiger partial charge < -0.3 is 10.2 Å². The molecule has 35 heavy (non-hydrogen) atoms. The van der Waals surface area contributed by atoms with Gasteiger partial charge in [0.1, 0.15) is 11.5 Å². The van der Waals surface area contributed by atoms with Crippen molar-refractivity contribution >= 4 is 5.78 Å². The Hall–Kier alpha value is -3.85. The number of carbonyl (C=O) groups is 1. The molecule has 0 spiro atoms. The number of aryl methyl sites for hydroxylation is 2. The Balaban J connectivity index is 0.000000145. The van der Waals surface area contributed by atoms with Crippen molar-refractivity contribution in [3.05, 3.63) is 130 Å². The van der Waals surface area contributed by atoms with E-state index in [1.54, 1.807) is 24.3 Å². The fourth-order valence-electron chi connectivity index (χ4n) is 5.40. The average Bonchev–Trinajstić information content (AvgIpc) is 2.90. The molecule has 2 atom stereocenters. The Bertz CT molecular complexity index is 1310. The average molecular weight is 463 g/mol. The monoisotopic (exact) mass is 462 g/mol. The molecule has 0 saturated heterocycles. The van der Waals surface area contributed by atoms with Crippen molar-refractivity contribution in [2.45, 2.75) is 43.9 Å². The molecule has 0 amide bonds. The molecule has 2 aliphatic rings. The molecule has 2 N–H and O–H groups in total. The van der Waals surface area contributed by atoms with Gasteiger partial charge in [-0.05, 0) is 96.2 Å². The van der Waals surface area contributed by atoms with Crippen molar-refractivity contribution in [2.75, 3.05) is 0 Å². The van der Waals surface area contributed by atoms with E-state index in [0.717, 1.165) is 42.4 Å². The van der Waals surface area contributed by atoms with Crippen molar-refractivity contribution in [2.24, 2.45) is 0 Å². The van der Waals surface area contributed by atoms with Crippen LogP contribution in [0.5, 0.6) is 11.5 Å². The molecule has 2 unspecified atom stereocenters. The number of ketones is 1. The fourth-order valence-corrected chi connectivity index (χ4v) is 5.40. The van der Waals surface area contributed by atoms with Gasteiger partial charge in [-0.1, -0.05) is 66.7 Å². The maximum atomic E-state index is 12.4. The minimum absolute atomic E-state index is 0.0387. The van der Waals surface area contributed by atoms with Crippen LogP contribution in [-0.4, -0.2) is 16.0 Å².